The van der Waals surface area contributed by atoms with Gasteiger partial charge in [0.05, 0.1) is 32.2 Å². The lowest BCUT2D eigenvalue weighted by Gasteiger charge is -2.36. The van der Waals surface area contributed by atoms with E-state index in [0.717, 1.165) is 51.4 Å². The average molecular weight is 409 g/mol. The monoisotopic (exact) mass is 408 g/mol. The largest absolute Gasteiger partial charge is 0.469 e. The van der Waals surface area contributed by atoms with Gasteiger partial charge in [0.25, 0.3) is 0 Å². The van der Waals surface area contributed by atoms with E-state index >= 15 is 0 Å². The smallest absolute Gasteiger partial charge is 0.333 e. The molecular weight excluding hydrogens is 372 g/mol. The van der Waals surface area contributed by atoms with Crippen molar-refractivity contribution in [2.24, 2.45) is 23.7 Å². The number of methoxy groups -OCH3 is 1. The van der Waals surface area contributed by atoms with Crippen molar-refractivity contribution in [2.45, 2.75) is 71.1 Å². The number of hydrogen-bond donors (Lipinski definition) is 0. The first kappa shape index (κ1) is 23.4. The van der Waals surface area contributed by atoms with Gasteiger partial charge in [0.15, 0.2) is 0 Å². The van der Waals surface area contributed by atoms with E-state index in [1.54, 1.807) is 6.92 Å². The zero-order valence-corrected chi connectivity index (χ0v) is 18.0. The maximum atomic E-state index is 12.3. The SMILES string of the molecule is C=C(C)C(=O)OCCCCOC(=O)C1CCC(C2CCC(C(=O)OC)CC2)CC1. The van der Waals surface area contributed by atoms with Gasteiger partial charge in [0, 0.05) is 5.57 Å². The predicted octanol–water partition coefficient (Wildman–Crippen LogP) is 4.21. The maximum Gasteiger partial charge on any atom is 0.333 e. The number of carbonyl (C=O) groups is 3. The Morgan fingerprint density at radius 3 is 1.66 bits per heavy atom. The standard InChI is InChI=1S/C23H36O6/c1-16(2)21(24)28-14-4-5-15-29-23(26)20-12-8-18(9-13-20)17-6-10-19(11-7-17)22(25)27-3/h17-20H,1,4-15H2,2-3H3. The van der Waals surface area contributed by atoms with Gasteiger partial charge in [-0.15, -0.1) is 0 Å². The quantitative estimate of drug-likeness (QED) is 0.246. The van der Waals surface area contributed by atoms with Crippen LogP contribution in [-0.2, 0) is 28.6 Å². The van der Waals surface area contributed by atoms with Gasteiger partial charge >= 0.3 is 17.9 Å². The van der Waals surface area contributed by atoms with Crippen LogP contribution in [0.4, 0.5) is 0 Å². The number of unbranched alkanes of at least 4 members (excludes halogenated alkanes) is 1. The van der Waals surface area contributed by atoms with Gasteiger partial charge in [0.2, 0.25) is 0 Å². The summed E-state index contributed by atoms with van der Waals surface area (Å²) in [6.45, 7) is 5.85. The van der Waals surface area contributed by atoms with E-state index in [0.29, 0.717) is 43.5 Å². The molecular formula is C23H36O6. The van der Waals surface area contributed by atoms with Crippen LogP contribution in [0.5, 0.6) is 0 Å². The van der Waals surface area contributed by atoms with Crippen LogP contribution in [0.1, 0.15) is 71.1 Å². The second-order valence-electron chi connectivity index (χ2n) is 8.54. The van der Waals surface area contributed by atoms with Crippen LogP contribution in [0, 0.1) is 23.7 Å². The van der Waals surface area contributed by atoms with Crippen LogP contribution in [0.2, 0.25) is 0 Å². The van der Waals surface area contributed by atoms with Crippen molar-refractivity contribution in [2.75, 3.05) is 20.3 Å². The molecule has 0 aliphatic heterocycles. The maximum absolute atomic E-state index is 12.3. The predicted molar refractivity (Wildman–Crippen MR) is 109 cm³/mol. The molecule has 0 N–H and O–H groups in total. The molecule has 2 rings (SSSR count). The first-order chi connectivity index (χ1) is 13.9. The molecule has 2 aliphatic carbocycles. The third-order valence-corrected chi connectivity index (χ3v) is 6.44. The van der Waals surface area contributed by atoms with Crippen LogP contribution in [-0.4, -0.2) is 38.2 Å². The summed E-state index contributed by atoms with van der Waals surface area (Å²) in [7, 11) is 1.47. The van der Waals surface area contributed by atoms with Crippen molar-refractivity contribution in [3.05, 3.63) is 12.2 Å². The Morgan fingerprint density at radius 1 is 0.759 bits per heavy atom. The van der Waals surface area contributed by atoms with E-state index in [4.69, 9.17) is 14.2 Å². The number of ether oxygens (including phenoxy) is 3. The summed E-state index contributed by atoms with van der Waals surface area (Å²) in [5, 5.41) is 0. The van der Waals surface area contributed by atoms with Gasteiger partial charge in [0.1, 0.15) is 0 Å². The van der Waals surface area contributed by atoms with Gasteiger partial charge in [-0.25, -0.2) is 4.79 Å². The highest BCUT2D eigenvalue weighted by Crippen LogP contribution is 2.41. The molecule has 0 radical (unpaired) electrons. The minimum atomic E-state index is -0.377. The molecule has 29 heavy (non-hydrogen) atoms. The summed E-state index contributed by atoms with van der Waals surface area (Å²) in [6, 6.07) is 0. The fourth-order valence-corrected chi connectivity index (χ4v) is 4.60. The van der Waals surface area contributed by atoms with Crippen LogP contribution < -0.4 is 0 Å². The Bertz CT molecular complexity index is 568. The van der Waals surface area contributed by atoms with Crippen molar-refractivity contribution < 1.29 is 28.6 Å². The van der Waals surface area contributed by atoms with Crippen molar-refractivity contribution in [3.63, 3.8) is 0 Å². The van der Waals surface area contributed by atoms with Crippen LogP contribution >= 0.6 is 0 Å². The molecule has 0 aromatic carbocycles. The highest BCUT2D eigenvalue weighted by Gasteiger charge is 2.35. The number of esters is 3. The lowest BCUT2D eigenvalue weighted by Crippen LogP contribution is -2.30. The Balaban J connectivity index is 1.57. The van der Waals surface area contributed by atoms with Crippen LogP contribution in [0.25, 0.3) is 0 Å². The molecule has 0 aromatic heterocycles. The number of hydrogen-bond acceptors (Lipinski definition) is 6. The molecule has 0 aromatic rings. The Hall–Kier alpha value is -1.85. The third-order valence-electron chi connectivity index (χ3n) is 6.44. The topological polar surface area (TPSA) is 78.9 Å². The molecule has 2 aliphatic rings. The fourth-order valence-electron chi connectivity index (χ4n) is 4.60. The molecule has 0 atom stereocenters. The highest BCUT2D eigenvalue weighted by molar-refractivity contribution is 5.86. The van der Waals surface area contributed by atoms with Crippen molar-refractivity contribution in [1.29, 1.82) is 0 Å². The molecule has 0 saturated heterocycles. The molecule has 0 amide bonds. The Labute approximate surface area is 174 Å². The van der Waals surface area contributed by atoms with Crippen LogP contribution in [0.15, 0.2) is 12.2 Å². The van der Waals surface area contributed by atoms with Gasteiger partial charge in [-0.2, -0.15) is 0 Å². The van der Waals surface area contributed by atoms with Crippen molar-refractivity contribution in [3.8, 4) is 0 Å². The van der Waals surface area contributed by atoms with Gasteiger partial charge in [-0.05, 0) is 83.0 Å². The minimum Gasteiger partial charge on any atom is -0.469 e. The number of carbonyl (C=O) groups excluding carboxylic acids is 3. The minimum absolute atomic E-state index is 0.0129. The molecule has 164 valence electrons. The lowest BCUT2D eigenvalue weighted by atomic mass is 9.69. The Kier molecular flexibility index (Phi) is 9.68. The number of rotatable bonds is 9. The van der Waals surface area contributed by atoms with E-state index in [-0.39, 0.29) is 29.7 Å². The zero-order chi connectivity index (χ0) is 21.2. The molecule has 0 bridgehead atoms. The zero-order valence-electron chi connectivity index (χ0n) is 18.0. The third kappa shape index (κ3) is 7.48. The van der Waals surface area contributed by atoms with E-state index < -0.39 is 0 Å². The summed E-state index contributed by atoms with van der Waals surface area (Å²) in [6.07, 6.45) is 9.36. The summed E-state index contributed by atoms with van der Waals surface area (Å²) in [5.41, 5.74) is 0.392. The summed E-state index contributed by atoms with van der Waals surface area (Å²) < 4.78 is 15.3. The van der Waals surface area contributed by atoms with E-state index in [2.05, 4.69) is 6.58 Å². The van der Waals surface area contributed by atoms with E-state index in [1.165, 1.54) is 7.11 Å². The van der Waals surface area contributed by atoms with E-state index in [9.17, 15) is 14.4 Å². The summed E-state index contributed by atoms with van der Waals surface area (Å²) in [5.74, 6) is 0.902. The van der Waals surface area contributed by atoms with Crippen molar-refractivity contribution in [1.82, 2.24) is 0 Å². The second kappa shape index (κ2) is 12.0. The lowest BCUT2D eigenvalue weighted by molar-refractivity contribution is -0.151. The van der Waals surface area contributed by atoms with Gasteiger partial charge in [-0.1, -0.05) is 6.58 Å². The first-order valence-corrected chi connectivity index (χ1v) is 11.0. The average Bonchev–Trinajstić information content (AvgIpc) is 2.75. The molecule has 2 fully saturated rings. The fraction of sp³-hybridized carbons (Fsp3) is 0.783. The van der Waals surface area contributed by atoms with Crippen LogP contribution in [0.3, 0.4) is 0 Å². The molecule has 6 heteroatoms. The van der Waals surface area contributed by atoms with E-state index in [1.807, 2.05) is 0 Å². The van der Waals surface area contributed by atoms with Gasteiger partial charge < -0.3 is 14.2 Å². The molecule has 0 heterocycles. The molecule has 0 spiro atoms. The first-order valence-electron chi connectivity index (χ1n) is 11.0. The summed E-state index contributed by atoms with van der Waals surface area (Å²) >= 11 is 0. The second-order valence-corrected chi connectivity index (χ2v) is 8.54. The highest BCUT2D eigenvalue weighted by atomic mass is 16.5. The normalized spacial score (nSPS) is 27.0. The molecule has 6 nitrogen and oxygen atoms in total. The molecule has 0 unspecified atom stereocenters. The Morgan fingerprint density at radius 2 is 1.21 bits per heavy atom. The molecule has 2 saturated carbocycles. The van der Waals surface area contributed by atoms with Crippen molar-refractivity contribution >= 4 is 17.9 Å². The summed E-state index contributed by atoms with van der Waals surface area (Å²) in [4.78, 5) is 35.2. The van der Waals surface area contributed by atoms with Gasteiger partial charge in [-0.3, -0.25) is 9.59 Å².